The largest absolute Gasteiger partial charge is 0.311 e. The first-order valence-electron chi connectivity index (χ1n) is 24.4. The van der Waals surface area contributed by atoms with Crippen LogP contribution in [0.5, 0.6) is 0 Å². The standard InChI is InChI=1S/C60H75BN2/c1-35-25-51-53-52(26-35)63(49-32-44-40(28-37(49)3)59(15,16)34-60(44,17)18)50-33-43-41(56(9,10)22-24-58(43,13)14)30-46(50)61(53)45-29-38(54(4,5)6)19-20-47(45)62(51)48-31-42-39(27-36(48)2)55(7,8)21-23-57(42,11)12/h19-20,25-33H,21-24,34H2,1-18H3. The number of anilines is 6. The highest BCUT2D eigenvalue weighted by Gasteiger charge is 2.49. The van der Waals surface area contributed by atoms with E-state index in [1.54, 1.807) is 0 Å². The second-order valence-electron chi connectivity index (χ2n) is 26.1. The van der Waals surface area contributed by atoms with Gasteiger partial charge in [-0.15, -0.1) is 0 Å². The summed E-state index contributed by atoms with van der Waals surface area (Å²) >= 11 is 0. The summed E-state index contributed by atoms with van der Waals surface area (Å²) < 4.78 is 0. The minimum absolute atomic E-state index is 0.00109. The molecule has 0 atom stereocenters. The van der Waals surface area contributed by atoms with Crippen LogP contribution in [0.25, 0.3) is 0 Å². The molecule has 0 N–H and O–H groups in total. The van der Waals surface area contributed by atoms with Crippen molar-refractivity contribution in [3.8, 4) is 0 Å². The van der Waals surface area contributed by atoms with E-state index in [1.165, 1.54) is 132 Å². The van der Waals surface area contributed by atoms with Crippen molar-refractivity contribution in [3.63, 3.8) is 0 Å². The maximum Gasteiger partial charge on any atom is 0.252 e. The molecule has 2 heterocycles. The van der Waals surface area contributed by atoms with Gasteiger partial charge in [0.2, 0.25) is 0 Å². The maximum atomic E-state index is 2.74. The summed E-state index contributed by atoms with van der Waals surface area (Å²) in [6.45, 7) is 44.0. The van der Waals surface area contributed by atoms with Crippen LogP contribution in [0, 0.1) is 20.8 Å². The van der Waals surface area contributed by atoms with Crippen LogP contribution >= 0.6 is 0 Å². The zero-order chi connectivity index (χ0) is 45.5. The summed E-state index contributed by atoms with van der Waals surface area (Å²) in [6.07, 6.45) is 5.95. The van der Waals surface area contributed by atoms with Gasteiger partial charge < -0.3 is 9.80 Å². The number of benzene rings is 5. The lowest BCUT2D eigenvalue weighted by molar-refractivity contribution is 0.332. The summed E-state index contributed by atoms with van der Waals surface area (Å²) in [5.41, 5.74) is 27.5. The van der Waals surface area contributed by atoms with Gasteiger partial charge in [-0.25, -0.2) is 0 Å². The van der Waals surface area contributed by atoms with E-state index in [0.717, 1.165) is 6.42 Å². The molecule has 3 heteroatoms. The number of aryl methyl sites for hydroxylation is 3. The molecule has 0 fully saturated rings. The first-order chi connectivity index (χ1) is 29.0. The quantitative estimate of drug-likeness (QED) is 0.160. The molecule has 328 valence electrons. The molecule has 2 nitrogen and oxygen atoms in total. The van der Waals surface area contributed by atoms with Gasteiger partial charge in [-0.2, -0.15) is 0 Å². The molecule has 10 rings (SSSR count). The van der Waals surface area contributed by atoms with Crippen LogP contribution in [0.4, 0.5) is 34.1 Å². The Balaban J connectivity index is 1.34. The molecule has 0 spiro atoms. The molecule has 0 unspecified atom stereocenters. The van der Waals surface area contributed by atoms with Gasteiger partial charge in [0.05, 0.1) is 0 Å². The molecule has 2 aliphatic heterocycles. The second-order valence-corrected chi connectivity index (χ2v) is 26.1. The van der Waals surface area contributed by atoms with Crippen molar-refractivity contribution in [1.82, 2.24) is 0 Å². The van der Waals surface area contributed by atoms with Crippen molar-refractivity contribution in [1.29, 1.82) is 0 Å². The molecule has 0 saturated heterocycles. The predicted octanol–water partition coefficient (Wildman–Crippen LogP) is 14.6. The van der Waals surface area contributed by atoms with Crippen molar-refractivity contribution in [2.45, 2.75) is 195 Å². The third-order valence-electron chi connectivity index (χ3n) is 17.4. The van der Waals surface area contributed by atoms with Crippen LogP contribution in [0.1, 0.15) is 192 Å². The van der Waals surface area contributed by atoms with Gasteiger partial charge in [-0.05, 0) is 199 Å². The molecule has 63 heavy (non-hydrogen) atoms. The zero-order valence-electron chi connectivity index (χ0n) is 42.4. The van der Waals surface area contributed by atoms with Crippen molar-refractivity contribution < 1.29 is 0 Å². The average Bonchev–Trinajstić information content (AvgIpc) is 3.35. The van der Waals surface area contributed by atoms with Gasteiger partial charge in [0.1, 0.15) is 0 Å². The average molecular weight is 835 g/mol. The first-order valence-corrected chi connectivity index (χ1v) is 24.4. The third-order valence-corrected chi connectivity index (χ3v) is 17.4. The number of hydrogen-bond acceptors (Lipinski definition) is 2. The smallest absolute Gasteiger partial charge is 0.252 e. The molecule has 3 aliphatic carbocycles. The van der Waals surface area contributed by atoms with E-state index >= 15 is 0 Å². The summed E-state index contributed by atoms with van der Waals surface area (Å²) in [5, 5.41) is 0. The SMILES string of the molecule is Cc1cc2c3c(c1)N(c1cc4c(cc1C)C(C)(C)CC4(C)C)c1cc4c(cc1B3c1cc(C(C)(C)C)ccc1N2c1cc2c(cc1C)C(C)(C)CCC2(C)C)C(C)(C)CCC4(C)C. The molecule has 0 saturated carbocycles. The normalized spacial score (nSPS) is 21.2. The summed E-state index contributed by atoms with van der Waals surface area (Å²) in [4.78, 5) is 5.45. The Hall–Kier alpha value is -4.24. The van der Waals surface area contributed by atoms with Gasteiger partial charge in [-0.1, -0.05) is 134 Å². The second kappa shape index (κ2) is 13.0. The minimum Gasteiger partial charge on any atom is -0.311 e. The van der Waals surface area contributed by atoms with Crippen molar-refractivity contribution >= 4 is 57.2 Å². The lowest BCUT2D eigenvalue weighted by atomic mass is 9.33. The summed E-state index contributed by atoms with van der Waals surface area (Å²) in [5.74, 6) is 0. The molecular weight excluding hydrogens is 759 g/mol. The Morgan fingerprint density at radius 1 is 0.413 bits per heavy atom. The van der Waals surface area contributed by atoms with Gasteiger partial charge in [0.15, 0.2) is 0 Å². The molecule has 0 bridgehead atoms. The fourth-order valence-electron chi connectivity index (χ4n) is 13.5. The monoisotopic (exact) mass is 835 g/mol. The highest BCUT2D eigenvalue weighted by atomic mass is 15.2. The van der Waals surface area contributed by atoms with Gasteiger partial charge >= 0.3 is 0 Å². The van der Waals surface area contributed by atoms with Crippen molar-refractivity contribution in [3.05, 3.63) is 122 Å². The Kier molecular flexibility index (Phi) is 8.80. The molecule has 5 aromatic carbocycles. The van der Waals surface area contributed by atoms with E-state index in [4.69, 9.17) is 0 Å². The predicted molar refractivity (Wildman–Crippen MR) is 275 cm³/mol. The zero-order valence-corrected chi connectivity index (χ0v) is 42.4. The van der Waals surface area contributed by atoms with Crippen molar-refractivity contribution in [2.75, 3.05) is 9.80 Å². The van der Waals surface area contributed by atoms with Crippen molar-refractivity contribution in [2.24, 2.45) is 0 Å². The Bertz CT molecular complexity index is 2800. The minimum atomic E-state index is 0.00109. The third kappa shape index (κ3) is 6.16. The highest BCUT2D eigenvalue weighted by molar-refractivity contribution is 7.00. The lowest BCUT2D eigenvalue weighted by Crippen LogP contribution is -2.62. The molecule has 5 aliphatic rings. The van der Waals surface area contributed by atoms with Gasteiger partial charge in [0.25, 0.3) is 6.71 Å². The number of nitrogens with zero attached hydrogens (tertiary/aromatic N) is 2. The Labute approximate surface area is 382 Å². The summed E-state index contributed by atoms with van der Waals surface area (Å²) in [7, 11) is 0. The van der Waals surface area contributed by atoms with E-state index < -0.39 is 0 Å². The molecule has 0 amide bonds. The maximum absolute atomic E-state index is 2.74. The topological polar surface area (TPSA) is 6.48 Å². The molecular formula is C60H75BN2. The van der Waals surface area contributed by atoms with Crippen LogP contribution in [0.3, 0.4) is 0 Å². The van der Waals surface area contributed by atoms with E-state index in [9.17, 15) is 0 Å². The van der Waals surface area contributed by atoms with E-state index in [0.29, 0.717) is 0 Å². The summed E-state index contributed by atoms with van der Waals surface area (Å²) in [6, 6.07) is 28.3. The Morgan fingerprint density at radius 2 is 0.794 bits per heavy atom. The number of hydrogen-bond donors (Lipinski definition) is 0. The van der Waals surface area contributed by atoms with Gasteiger partial charge in [0, 0.05) is 34.1 Å². The lowest BCUT2D eigenvalue weighted by Gasteiger charge is -2.48. The molecule has 0 aromatic heterocycles. The van der Waals surface area contributed by atoms with Crippen LogP contribution < -0.4 is 26.2 Å². The molecule has 0 radical (unpaired) electrons. The van der Waals surface area contributed by atoms with Crippen LogP contribution in [0.15, 0.2) is 66.7 Å². The van der Waals surface area contributed by atoms with E-state index in [-0.39, 0.29) is 44.6 Å². The number of fused-ring (bicyclic) bond motifs is 7. The van der Waals surface area contributed by atoms with Crippen LogP contribution in [-0.2, 0) is 37.9 Å². The first kappa shape index (κ1) is 42.7. The van der Waals surface area contributed by atoms with E-state index in [1.807, 2.05) is 0 Å². The number of rotatable bonds is 2. The fourth-order valence-corrected chi connectivity index (χ4v) is 13.5. The van der Waals surface area contributed by atoms with Crippen LogP contribution in [-0.4, -0.2) is 6.71 Å². The molecule has 5 aromatic rings. The Morgan fingerprint density at radius 3 is 1.27 bits per heavy atom. The van der Waals surface area contributed by atoms with Crippen LogP contribution in [0.2, 0.25) is 0 Å². The fraction of sp³-hybridized carbons (Fsp3) is 0.500. The van der Waals surface area contributed by atoms with E-state index in [2.05, 4.69) is 201 Å². The highest BCUT2D eigenvalue weighted by Crippen LogP contribution is 2.56. The van der Waals surface area contributed by atoms with Gasteiger partial charge in [-0.3, -0.25) is 0 Å².